The number of carbonyl (C=O) groups excluding carboxylic acids is 1. The molecule has 4 nitrogen and oxygen atoms in total. The van der Waals surface area contributed by atoms with Crippen LogP contribution in [0.15, 0.2) is 42.6 Å². The lowest BCUT2D eigenvalue weighted by Gasteiger charge is -2.29. The van der Waals surface area contributed by atoms with Gasteiger partial charge in [0.05, 0.1) is 0 Å². The highest BCUT2D eigenvalue weighted by Crippen LogP contribution is 2.29. The van der Waals surface area contributed by atoms with E-state index >= 15 is 0 Å². The van der Waals surface area contributed by atoms with Gasteiger partial charge in [0.25, 0.3) is 5.91 Å². The zero-order valence-electron chi connectivity index (χ0n) is 10.4. The number of nitrogens with zero attached hydrogens (tertiary/aromatic N) is 2. The summed E-state index contributed by atoms with van der Waals surface area (Å²) >= 11 is 0. The van der Waals surface area contributed by atoms with E-state index in [1.54, 1.807) is 11.0 Å². The molecule has 0 aliphatic carbocycles. The van der Waals surface area contributed by atoms with E-state index < -0.39 is 0 Å². The topological polar surface area (TPSA) is 53.4 Å². The van der Waals surface area contributed by atoms with Crippen molar-refractivity contribution >= 4 is 11.6 Å². The molecular formula is C15H14N2O2. The Morgan fingerprint density at radius 3 is 2.89 bits per heavy atom. The van der Waals surface area contributed by atoms with E-state index in [0.717, 1.165) is 24.1 Å². The molecule has 0 unspecified atom stereocenters. The number of para-hydroxylation sites is 1. The Balaban J connectivity index is 2.00. The number of rotatable bonds is 1. The quantitative estimate of drug-likeness (QED) is 0.850. The zero-order chi connectivity index (χ0) is 13.2. The number of anilines is 1. The molecule has 4 heteroatoms. The predicted octanol–water partition coefficient (Wildman–Crippen LogP) is 2.38. The van der Waals surface area contributed by atoms with Crippen LogP contribution in [0.2, 0.25) is 0 Å². The predicted molar refractivity (Wildman–Crippen MR) is 72.3 cm³/mol. The Kier molecular flexibility index (Phi) is 2.91. The van der Waals surface area contributed by atoms with Gasteiger partial charge in [-0.05, 0) is 36.6 Å². The van der Waals surface area contributed by atoms with E-state index in [1.165, 1.54) is 12.3 Å². The first-order valence-corrected chi connectivity index (χ1v) is 6.31. The standard InChI is InChI=1S/C15H14N2O2/c18-13-8-3-9-16-14(13)15(19)17-10-4-6-11-5-1-2-7-12(11)17/h1-3,5,7-9,18H,4,6,10H2. The summed E-state index contributed by atoms with van der Waals surface area (Å²) in [5.41, 5.74) is 2.19. The zero-order valence-corrected chi connectivity index (χ0v) is 10.4. The average molecular weight is 254 g/mol. The molecule has 1 aliphatic heterocycles. The van der Waals surface area contributed by atoms with Crippen molar-refractivity contribution in [3.05, 3.63) is 53.9 Å². The number of aryl methyl sites for hydroxylation is 1. The number of benzene rings is 1. The highest BCUT2D eigenvalue weighted by molar-refractivity contribution is 6.07. The number of fused-ring (bicyclic) bond motifs is 1. The van der Waals surface area contributed by atoms with Crippen LogP contribution in [0, 0.1) is 0 Å². The molecule has 0 fully saturated rings. The lowest BCUT2D eigenvalue weighted by Crippen LogP contribution is -2.35. The summed E-state index contributed by atoms with van der Waals surface area (Å²) < 4.78 is 0. The van der Waals surface area contributed by atoms with Crippen LogP contribution in [0.25, 0.3) is 0 Å². The van der Waals surface area contributed by atoms with E-state index in [-0.39, 0.29) is 17.4 Å². The van der Waals surface area contributed by atoms with Gasteiger partial charge in [-0.25, -0.2) is 4.98 Å². The average Bonchev–Trinajstić information content (AvgIpc) is 2.46. The molecule has 1 aromatic carbocycles. The maximum Gasteiger partial charge on any atom is 0.280 e. The molecule has 0 saturated heterocycles. The first-order valence-electron chi connectivity index (χ1n) is 6.31. The van der Waals surface area contributed by atoms with Crippen LogP contribution in [-0.4, -0.2) is 22.5 Å². The summed E-state index contributed by atoms with van der Waals surface area (Å²) in [6, 6.07) is 11.0. The fourth-order valence-corrected chi connectivity index (χ4v) is 2.43. The summed E-state index contributed by atoms with van der Waals surface area (Å²) in [7, 11) is 0. The van der Waals surface area contributed by atoms with Crippen LogP contribution < -0.4 is 4.90 Å². The van der Waals surface area contributed by atoms with Crippen molar-refractivity contribution in [2.75, 3.05) is 11.4 Å². The molecule has 3 rings (SSSR count). The Labute approximate surface area is 111 Å². The first-order chi connectivity index (χ1) is 9.27. The fourth-order valence-electron chi connectivity index (χ4n) is 2.43. The number of aromatic nitrogens is 1. The highest BCUT2D eigenvalue weighted by atomic mass is 16.3. The molecule has 2 heterocycles. The largest absolute Gasteiger partial charge is 0.505 e. The summed E-state index contributed by atoms with van der Waals surface area (Å²) in [5.74, 6) is -0.319. The molecule has 96 valence electrons. The lowest BCUT2D eigenvalue weighted by atomic mass is 10.0. The van der Waals surface area contributed by atoms with Gasteiger partial charge < -0.3 is 10.0 Å². The van der Waals surface area contributed by atoms with Gasteiger partial charge >= 0.3 is 0 Å². The second-order valence-corrected chi connectivity index (χ2v) is 4.56. The molecule has 19 heavy (non-hydrogen) atoms. The molecule has 0 radical (unpaired) electrons. The van der Waals surface area contributed by atoms with Crippen molar-refractivity contribution in [3.63, 3.8) is 0 Å². The van der Waals surface area contributed by atoms with Crippen LogP contribution in [0.1, 0.15) is 22.5 Å². The van der Waals surface area contributed by atoms with Gasteiger partial charge in [0.15, 0.2) is 5.69 Å². The molecule has 0 spiro atoms. The minimum Gasteiger partial charge on any atom is -0.505 e. The molecule has 0 atom stereocenters. The first kappa shape index (κ1) is 11.7. The minimum absolute atomic E-state index is 0.0736. The smallest absolute Gasteiger partial charge is 0.280 e. The van der Waals surface area contributed by atoms with Crippen molar-refractivity contribution in [2.24, 2.45) is 0 Å². The van der Waals surface area contributed by atoms with Crippen LogP contribution >= 0.6 is 0 Å². The molecular weight excluding hydrogens is 240 g/mol. The van der Waals surface area contributed by atoms with Crippen LogP contribution in [0.4, 0.5) is 5.69 Å². The van der Waals surface area contributed by atoms with Gasteiger partial charge in [-0.15, -0.1) is 0 Å². The molecule has 1 aromatic heterocycles. The highest BCUT2D eigenvalue weighted by Gasteiger charge is 2.25. The molecule has 2 aromatic rings. The molecule has 1 amide bonds. The van der Waals surface area contributed by atoms with E-state index in [1.807, 2.05) is 24.3 Å². The van der Waals surface area contributed by atoms with Gasteiger partial charge in [0, 0.05) is 18.4 Å². The number of hydrogen-bond acceptors (Lipinski definition) is 3. The molecule has 1 aliphatic rings. The monoisotopic (exact) mass is 254 g/mol. The maximum absolute atomic E-state index is 12.5. The second-order valence-electron chi connectivity index (χ2n) is 4.56. The van der Waals surface area contributed by atoms with E-state index in [2.05, 4.69) is 4.98 Å². The van der Waals surface area contributed by atoms with Crippen molar-refractivity contribution in [1.82, 2.24) is 4.98 Å². The SMILES string of the molecule is O=C(c1ncccc1O)N1CCCc2ccccc21. The number of pyridine rings is 1. The van der Waals surface area contributed by atoms with Crippen molar-refractivity contribution in [1.29, 1.82) is 0 Å². The van der Waals surface area contributed by atoms with Crippen LogP contribution in [-0.2, 0) is 6.42 Å². The summed E-state index contributed by atoms with van der Waals surface area (Å²) in [4.78, 5) is 18.2. The normalized spacial score (nSPS) is 14.0. The summed E-state index contributed by atoms with van der Waals surface area (Å²) in [6.45, 7) is 0.659. The third-order valence-electron chi connectivity index (χ3n) is 3.34. The Hall–Kier alpha value is -2.36. The Morgan fingerprint density at radius 2 is 2.05 bits per heavy atom. The number of hydrogen-bond donors (Lipinski definition) is 1. The van der Waals surface area contributed by atoms with Gasteiger partial charge in [-0.1, -0.05) is 18.2 Å². The van der Waals surface area contributed by atoms with E-state index in [9.17, 15) is 9.90 Å². The van der Waals surface area contributed by atoms with Gasteiger partial charge in [-0.3, -0.25) is 4.79 Å². The fraction of sp³-hybridized carbons (Fsp3) is 0.200. The van der Waals surface area contributed by atoms with Gasteiger partial charge in [-0.2, -0.15) is 0 Å². The lowest BCUT2D eigenvalue weighted by molar-refractivity contribution is 0.0977. The van der Waals surface area contributed by atoms with Gasteiger partial charge in [0.2, 0.25) is 0 Å². The van der Waals surface area contributed by atoms with E-state index in [4.69, 9.17) is 0 Å². The van der Waals surface area contributed by atoms with Crippen LogP contribution in [0.5, 0.6) is 5.75 Å². The molecule has 1 N–H and O–H groups in total. The second kappa shape index (κ2) is 4.72. The van der Waals surface area contributed by atoms with Crippen LogP contribution in [0.3, 0.4) is 0 Å². The van der Waals surface area contributed by atoms with Crippen molar-refractivity contribution in [3.8, 4) is 5.75 Å². The molecule has 0 saturated carbocycles. The number of carbonyl (C=O) groups is 1. The maximum atomic E-state index is 12.5. The third kappa shape index (κ3) is 2.05. The third-order valence-corrected chi connectivity index (χ3v) is 3.34. The Bertz CT molecular complexity index is 625. The summed E-state index contributed by atoms with van der Waals surface area (Å²) in [6.07, 6.45) is 3.42. The molecule has 0 bridgehead atoms. The van der Waals surface area contributed by atoms with Crippen molar-refractivity contribution < 1.29 is 9.90 Å². The van der Waals surface area contributed by atoms with Gasteiger partial charge in [0.1, 0.15) is 5.75 Å². The van der Waals surface area contributed by atoms with E-state index in [0.29, 0.717) is 6.54 Å². The minimum atomic E-state index is -0.245. The number of amides is 1. The summed E-state index contributed by atoms with van der Waals surface area (Å²) in [5, 5.41) is 9.75. The Morgan fingerprint density at radius 1 is 1.21 bits per heavy atom. The van der Waals surface area contributed by atoms with Crippen molar-refractivity contribution in [2.45, 2.75) is 12.8 Å². The number of aromatic hydroxyl groups is 1.